The number of halogens is 4. The van der Waals surface area contributed by atoms with Crippen LogP contribution in [0.4, 0.5) is 8.78 Å². The number of ketones is 1. The molecule has 0 fully saturated rings. The first kappa shape index (κ1) is 14.2. The van der Waals surface area contributed by atoms with Crippen molar-refractivity contribution in [2.24, 2.45) is 0 Å². The van der Waals surface area contributed by atoms with Gasteiger partial charge in [-0.1, -0.05) is 35.3 Å². The van der Waals surface area contributed by atoms with Gasteiger partial charge in [-0.05, 0) is 18.2 Å². The highest BCUT2D eigenvalue weighted by Crippen LogP contribution is 2.33. The molecular formula is C12H6Cl2F2O2S. The van der Waals surface area contributed by atoms with Crippen molar-refractivity contribution in [1.29, 1.82) is 0 Å². The van der Waals surface area contributed by atoms with E-state index in [1.807, 2.05) is 0 Å². The van der Waals surface area contributed by atoms with Gasteiger partial charge < -0.3 is 4.74 Å². The van der Waals surface area contributed by atoms with Gasteiger partial charge in [0.1, 0.15) is 10.1 Å². The van der Waals surface area contributed by atoms with E-state index >= 15 is 0 Å². The molecule has 7 heteroatoms. The molecule has 0 amide bonds. The van der Waals surface area contributed by atoms with E-state index in [0.717, 1.165) is 11.3 Å². The molecule has 1 aromatic carbocycles. The zero-order chi connectivity index (χ0) is 14.0. The first-order valence-corrected chi connectivity index (χ1v) is 6.59. The van der Waals surface area contributed by atoms with E-state index in [2.05, 4.69) is 4.74 Å². The molecule has 0 aliphatic rings. The van der Waals surface area contributed by atoms with Crippen LogP contribution in [-0.2, 0) is 0 Å². The highest BCUT2D eigenvalue weighted by Gasteiger charge is 2.17. The zero-order valence-corrected chi connectivity index (χ0v) is 11.5. The smallest absolute Gasteiger partial charge is 0.387 e. The molecule has 1 aromatic heterocycles. The summed E-state index contributed by atoms with van der Waals surface area (Å²) in [5, 5.41) is 0. The number of benzene rings is 1. The maximum Gasteiger partial charge on any atom is 0.387 e. The summed E-state index contributed by atoms with van der Waals surface area (Å²) in [6.45, 7) is -2.94. The molecule has 0 spiro atoms. The van der Waals surface area contributed by atoms with Crippen LogP contribution in [0.15, 0.2) is 30.3 Å². The fraction of sp³-hybridized carbons (Fsp3) is 0.0833. The summed E-state index contributed by atoms with van der Waals surface area (Å²) >= 11 is 12.7. The highest BCUT2D eigenvalue weighted by molar-refractivity contribution is 7.20. The lowest BCUT2D eigenvalue weighted by atomic mass is 10.1. The molecule has 0 aliphatic carbocycles. The molecule has 0 radical (unpaired) electrons. The lowest BCUT2D eigenvalue weighted by Crippen LogP contribution is -2.04. The van der Waals surface area contributed by atoms with Gasteiger partial charge >= 0.3 is 6.61 Å². The molecular weight excluding hydrogens is 317 g/mol. The Balaban J connectivity index is 2.31. The lowest BCUT2D eigenvalue weighted by molar-refractivity contribution is -0.0498. The Morgan fingerprint density at radius 3 is 2.58 bits per heavy atom. The zero-order valence-electron chi connectivity index (χ0n) is 9.20. The Labute approximate surface area is 121 Å². The molecule has 0 aliphatic heterocycles. The van der Waals surface area contributed by atoms with Crippen molar-refractivity contribution < 1.29 is 18.3 Å². The molecule has 2 aromatic rings. The number of thiophene rings is 1. The van der Waals surface area contributed by atoms with Crippen LogP contribution in [0.1, 0.15) is 15.9 Å². The summed E-state index contributed by atoms with van der Waals surface area (Å²) in [4.78, 5) is 12.1. The van der Waals surface area contributed by atoms with Crippen LogP contribution >= 0.6 is 34.5 Å². The number of alkyl halides is 2. The summed E-state index contributed by atoms with van der Waals surface area (Å²) in [6.07, 6.45) is 0. The van der Waals surface area contributed by atoms with Gasteiger partial charge in [-0.2, -0.15) is 8.78 Å². The number of rotatable bonds is 4. The topological polar surface area (TPSA) is 26.3 Å². The molecule has 19 heavy (non-hydrogen) atoms. The van der Waals surface area contributed by atoms with Gasteiger partial charge in [0.15, 0.2) is 5.78 Å². The Morgan fingerprint density at radius 1 is 1.26 bits per heavy atom. The maximum absolute atomic E-state index is 12.1. The maximum atomic E-state index is 12.1. The monoisotopic (exact) mass is 322 g/mol. The second kappa shape index (κ2) is 5.86. The van der Waals surface area contributed by atoms with E-state index < -0.39 is 12.4 Å². The summed E-state index contributed by atoms with van der Waals surface area (Å²) in [6, 6.07) is 6.95. The molecule has 0 unspecified atom stereocenters. The van der Waals surface area contributed by atoms with Crippen molar-refractivity contribution >= 4 is 40.3 Å². The minimum absolute atomic E-state index is 0.0849. The molecule has 0 bridgehead atoms. The number of ether oxygens (including phenoxy) is 1. The molecule has 0 saturated carbocycles. The SMILES string of the molecule is O=C(c1cccc(OC(F)F)c1)c1cc(Cl)sc1Cl. The van der Waals surface area contributed by atoms with E-state index in [1.54, 1.807) is 0 Å². The van der Waals surface area contributed by atoms with Gasteiger partial charge in [0.05, 0.1) is 9.90 Å². The van der Waals surface area contributed by atoms with Gasteiger partial charge in [-0.15, -0.1) is 11.3 Å². The van der Waals surface area contributed by atoms with E-state index in [0.29, 0.717) is 4.34 Å². The van der Waals surface area contributed by atoms with Gasteiger partial charge in [-0.3, -0.25) is 4.79 Å². The molecule has 2 nitrogen and oxygen atoms in total. The Bertz CT molecular complexity index is 614. The fourth-order valence-corrected chi connectivity index (χ4v) is 2.92. The molecule has 2 rings (SSSR count). The molecule has 0 N–H and O–H groups in total. The average molecular weight is 323 g/mol. The summed E-state index contributed by atoms with van der Waals surface area (Å²) in [5.41, 5.74) is 0.445. The van der Waals surface area contributed by atoms with Crippen molar-refractivity contribution in [3.63, 3.8) is 0 Å². The largest absolute Gasteiger partial charge is 0.435 e. The Kier molecular flexibility index (Phi) is 4.39. The summed E-state index contributed by atoms with van der Waals surface area (Å²) in [7, 11) is 0. The molecule has 0 atom stereocenters. The minimum atomic E-state index is -2.94. The van der Waals surface area contributed by atoms with Crippen molar-refractivity contribution in [1.82, 2.24) is 0 Å². The van der Waals surface area contributed by atoms with Crippen molar-refractivity contribution in [2.75, 3.05) is 0 Å². The first-order valence-electron chi connectivity index (χ1n) is 5.02. The van der Waals surface area contributed by atoms with E-state index in [1.165, 1.54) is 30.3 Å². The van der Waals surface area contributed by atoms with Gasteiger partial charge in [0.2, 0.25) is 0 Å². The first-order chi connectivity index (χ1) is 8.97. The van der Waals surface area contributed by atoms with Crippen LogP contribution in [0.2, 0.25) is 8.67 Å². The normalized spacial score (nSPS) is 10.8. The van der Waals surface area contributed by atoms with E-state index in [4.69, 9.17) is 23.2 Å². The van der Waals surface area contributed by atoms with Crippen molar-refractivity contribution in [3.8, 4) is 5.75 Å². The number of hydrogen-bond acceptors (Lipinski definition) is 3. The van der Waals surface area contributed by atoms with Crippen LogP contribution in [0.5, 0.6) is 5.75 Å². The van der Waals surface area contributed by atoms with Crippen LogP contribution in [0.3, 0.4) is 0 Å². The number of carbonyl (C=O) groups is 1. The van der Waals surface area contributed by atoms with Gasteiger partial charge in [0.25, 0.3) is 0 Å². The molecule has 0 saturated heterocycles. The lowest BCUT2D eigenvalue weighted by Gasteiger charge is -2.05. The summed E-state index contributed by atoms with van der Waals surface area (Å²) < 4.78 is 29.1. The van der Waals surface area contributed by atoms with Crippen molar-refractivity contribution in [3.05, 3.63) is 50.1 Å². The molecule has 1 heterocycles. The van der Waals surface area contributed by atoms with Crippen LogP contribution in [0, 0.1) is 0 Å². The van der Waals surface area contributed by atoms with Crippen LogP contribution < -0.4 is 4.74 Å². The van der Waals surface area contributed by atoms with Gasteiger partial charge in [-0.25, -0.2) is 0 Å². The second-order valence-corrected chi connectivity index (χ2v) is 5.76. The Hall–Kier alpha value is -1.17. The quantitative estimate of drug-likeness (QED) is 0.749. The van der Waals surface area contributed by atoms with Crippen LogP contribution in [-0.4, -0.2) is 12.4 Å². The molecule has 100 valence electrons. The second-order valence-electron chi connectivity index (χ2n) is 3.47. The standard InChI is InChI=1S/C12H6Cl2F2O2S/c13-9-5-8(11(14)19-9)10(17)6-2-1-3-7(4-6)18-12(15)16/h1-5,12H. The average Bonchev–Trinajstić information content (AvgIpc) is 2.67. The predicted octanol–water partition coefficient (Wildman–Crippen LogP) is 4.89. The Morgan fingerprint density at radius 2 is 2.00 bits per heavy atom. The highest BCUT2D eigenvalue weighted by atomic mass is 35.5. The minimum Gasteiger partial charge on any atom is -0.435 e. The number of carbonyl (C=O) groups excluding carboxylic acids is 1. The van der Waals surface area contributed by atoms with Gasteiger partial charge in [0, 0.05) is 5.56 Å². The van der Waals surface area contributed by atoms with E-state index in [-0.39, 0.29) is 21.2 Å². The summed E-state index contributed by atoms with van der Waals surface area (Å²) in [5.74, 6) is -0.480. The van der Waals surface area contributed by atoms with E-state index in [9.17, 15) is 13.6 Å². The van der Waals surface area contributed by atoms with Crippen molar-refractivity contribution in [2.45, 2.75) is 6.61 Å². The number of hydrogen-bond donors (Lipinski definition) is 0. The van der Waals surface area contributed by atoms with Crippen LogP contribution in [0.25, 0.3) is 0 Å². The fourth-order valence-electron chi connectivity index (χ4n) is 1.46. The third kappa shape index (κ3) is 3.43. The third-order valence-electron chi connectivity index (χ3n) is 2.22. The third-order valence-corrected chi connectivity index (χ3v) is 3.71. The predicted molar refractivity (Wildman–Crippen MR) is 70.8 cm³/mol.